The molecule has 0 atom stereocenters. The van der Waals surface area contributed by atoms with E-state index in [0.29, 0.717) is 28.4 Å². The zero-order valence-corrected chi connectivity index (χ0v) is 14.9. The van der Waals surface area contributed by atoms with E-state index >= 15 is 0 Å². The molecule has 0 unspecified atom stereocenters. The van der Waals surface area contributed by atoms with Crippen molar-refractivity contribution in [2.24, 2.45) is 0 Å². The molecule has 2 rings (SSSR count). The summed E-state index contributed by atoms with van der Waals surface area (Å²) < 4.78 is 32.8. The predicted molar refractivity (Wildman–Crippen MR) is 88.8 cm³/mol. The third-order valence-electron chi connectivity index (χ3n) is 2.51. The molecule has 21 heavy (non-hydrogen) atoms. The van der Waals surface area contributed by atoms with Gasteiger partial charge in [0.1, 0.15) is 9.96 Å². The summed E-state index contributed by atoms with van der Waals surface area (Å²) in [7, 11) is -3.51. The third-order valence-corrected chi connectivity index (χ3v) is 6.92. The molecule has 0 fully saturated rings. The lowest BCUT2D eigenvalue weighted by molar-refractivity contribution is 0.311. The molecule has 0 aliphatic rings. The van der Waals surface area contributed by atoms with Crippen LogP contribution in [-0.2, 0) is 10.0 Å². The van der Waals surface area contributed by atoms with Crippen LogP contribution in [0.4, 0.5) is 0 Å². The van der Waals surface area contributed by atoms with E-state index in [0.717, 1.165) is 17.1 Å². The van der Waals surface area contributed by atoms with Gasteiger partial charge in [0, 0.05) is 6.54 Å². The Labute approximate surface area is 141 Å². The van der Waals surface area contributed by atoms with Gasteiger partial charge in [0.15, 0.2) is 0 Å². The Kier molecular flexibility index (Phi) is 6.07. The number of halogens is 2. The van der Waals surface area contributed by atoms with Crippen molar-refractivity contribution in [2.75, 3.05) is 13.2 Å². The second-order valence-electron chi connectivity index (χ2n) is 4.10. The maximum absolute atomic E-state index is 12.0. The summed E-state index contributed by atoms with van der Waals surface area (Å²) in [5.41, 5.74) is 0. The summed E-state index contributed by atoms with van der Waals surface area (Å²) >= 11 is 10.1. The second kappa shape index (κ2) is 7.60. The number of hydrogen-bond donors (Lipinski definition) is 1. The standard InChI is InChI=1S/C13H13BrClNO3S2/c14-13-11(15)9-12(20-13)21(17,18)16-7-4-8-19-10-5-2-1-3-6-10/h1-3,5-6,9,16H,4,7-8H2. The monoisotopic (exact) mass is 409 g/mol. The molecule has 0 saturated heterocycles. The highest BCUT2D eigenvalue weighted by Gasteiger charge is 2.18. The summed E-state index contributed by atoms with van der Waals surface area (Å²) in [5, 5.41) is 0.396. The van der Waals surface area contributed by atoms with Crippen molar-refractivity contribution in [3.8, 4) is 5.75 Å². The topological polar surface area (TPSA) is 55.4 Å². The average molecular weight is 411 g/mol. The van der Waals surface area contributed by atoms with Crippen LogP contribution in [-0.4, -0.2) is 21.6 Å². The van der Waals surface area contributed by atoms with Crippen LogP contribution in [0, 0.1) is 0 Å². The van der Waals surface area contributed by atoms with Gasteiger partial charge in [-0.3, -0.25) is 0 Å². The summed E-state index contributed by atoms with van der Waals surface area (Å²) in [4.78, 5) is 0. The van der Waals surface area contributed by atoms with E-state index in [-0.39, 0.29) is 4.21 Å². The molecule has 0 bridgehead atoms. The summed E-state index contributed by atoms with van der Waals surface area (Å²) in [6.45, 7) is 0.754. The molecule has 1 heterocycles. The number of rotatable bonds is 7. The molecule has 0 saturated carbocycles. The van der Waals surface area contributed by atoms with Crippen molar-refractivity contribution in [3.05, 3.63) is 45.2 Å². The summed E-state index contributed by atoms with van der Waals surface area (Å²) in [5.74, 6) is 0.773. The molecule has 1 aromatic heterocycles. The first-order valence-electron chi connectivity index (χ1n) is 6.11. The number of sulfonamides is 1. The Hall–Kier alpha value is -0.600. The largest absolute Gasteiger partial charge is 0.494 e. The van der Waals surface area contributed by atoms with Gasteiger partial charge in [-0.15, -0.1) is 11.3 Å². The van der Waals surface area contributed by atoms with Gasteiger partial charge in [-0.2, -0.15) is 0 Å². The van der Waals surface area contributed by atoms with Gasteiger partial charge in [-0.05, 0) is 40.5 Å². The second-order valence-corrected chi connectivity index (χ2v) is 8.87. The van der Waals surface area contributed by atoms with E-state index in [1.54, 1.807) is 0 Å². The van der Waals surface area contributed by atoms with Crippen LogP contribution in [0.15, 0.2) is 44.4 Å². The van der Waals surface area contributed by atoms with E-state index in [1.807, 2.05) is 30.3 Å². The number of nitrogens with one attached hydrogen (secondary N) is 1. The fraction of sp³-hybridized carbons (Fsp3) is 0.231. The maximum atomic E-state index is 12.0. The van der Waals surface area contributed by atoms with Gasteiger partial charge >= 0.3 is 0 Å². The van der Waals surface area contributed by atoms with Gasteiger partial charge in [0.2, 0.25) is 10.0 Å². The first-order chi connectivity index (χ1) is 9.99. The molecule has 1 aromatic carbocycles. The average Bonchev–Trinajstić information content (AvgIpc) is 2.80. The first kappa shape index (κ1) is 16.8. The van der Waals surface area contributed by atoms with Crippen molar-refractivity contribution in [1.29, 1.82) is 0 Å². The van der Waals surface area contributed by atoms with Crippen molar-refractivity contribution in [1.82, 2.24) is 4.72 Å². The lowest BCUT2D eigenvalue weighted by Gasteiger charge is -2.07. The van der Waals surface area contributed by atoms with Crippen molar-refractivity contribution in [2.45, 2.75) is 10.6 Å². The number of ether oxygens (including phenoxy) is 1. The van der Waals surface area contributed by atoms with Crippen LogP contribution in [0.5, 0.6) is 5.75 Å². The van der Waals surface area contributed by atoms with E-state index in [9.17, 15) is 8.42 Å². The van der Waals surface area contributed by atoms with Crippen molar-refractivity contribution >= 4 is 48.9 Å². The highest BCUT2D eigenvalue weighted by molar-refractivity contribution is 9.11. The smallest absolute Gasteiger partial charge is 0.250 e. The van der Waals surface area contributed by atoms with Crippen molar-refractivity contribution < 1.29 is 13.2 Å². The zero-order valence-electron chi connectivity index (χ0n) is 10.9. The van der Waals surface area contributed by atoms with Crippen LogP contribution in [0.3, 0.4) is 0 Å². The van der Waals surface area contributed by atoms with Crippen molar-refractivity contribution in [3.63, 3.8) is 0 Å². The van der Waals surface area contributed by atoms with Crippen LogP contribution in [0.25, 0.3) is 0 Å². The molecule has 0 aliphatic heterocycles. The van der Waals surface area contributed by atoms with E-state index in [2.05, 4.69) is 20.7 Å². The summed E-state index contributed by atoms with van der Waals surface area (Å²) in [6, 6.07) is 10.8. The van der Waals surface area contributed by atoms with Crippen LogP contribution < -0.4 is 9.46 Å². The SMILES string of the molecule is O=S(=O)(NCCCOc1ccccc1)c1cc(Cl)c(Br)s1. The molecule has 4 nitrogen and oxygen atoms in total. The molecule has 8 heteroatoms. The lowest BCUT2D eigenvalue weighted by atomic mass is 10.3. The number of thiophene rings is 1. The van der Waals surface area contributed by atoms with Gasteiger partial charge in [-0.25, -0.2) is 13.1 Å². The van der Waals surface area contributed by atoms with Crippen LogP contribution >= 0.6 is 38.9 Å². The number of para-hydroxylation sites is 1. The fourth-order valence-corrected chi connectivity index (χ4v) is 5.03. The maximum Gasteiger partial charge on any atom is 0.250 e. The molecule has 0 spiro atoms. The molecule has 1 N–H and O–H groups in total. The molecule has 114 valence electrons. The minimum absolute atomic E-state index is 0.198. The molecular weight excluding hydrogens is 398 g/mol. The number of hydrogen-bond acceptors (Lipinski definition) is 4. The van der Waals surface area contributed by atoms with Gasteiger partial charge in [-0.1, -0.05) is 29.8 Å². The normalized spacial score (nSPS) is 11.5. The Morgan fingerprint density at radius 3 is 2.62 bits per heavy atom. The van der Waals surface area contributed by atoms with Crippen LogP contribution in [0.2, 0.25) is 5.02 Å². The highest BCUT2D eigenvalue weighted by Crippen LogP contribution is 2.34. The molecule has 0 aliphatic carbocycles. The highest BCUT2D eigenvalue weighted by atomic mass is 79.9. The quantitative estimate of drug-likeness (QED) is 0.704. The summed E-state index contributed by atoms with van der Waals surface area (Å²) in [6.07, 6.45) is 0.578. The fourth-order valence-electron chi connectivity index (χ4n) is 1.52. The Balaban J connectivity index is 1.77. The Bertz CT molecular complexity index is 669. The van der Waals surface area contributed by atoms with E-state index in [4.69, 9.17) is 16.3 Å². The Morgan fingerprint density at radius 2 is 2.00 bits per heavy atom. The van der Waals surface area contributed by atoms with Gasteiger partial charge in [0.25, 0.3) is 0 Å². The molecular formula is C13H13BrClNO3S2. The minimum atomic E-state index is -3.51. The van der Waals surface area contributed by atoms with Gasteiger partial charge in [0.05, 0.1) is 15.4 Å². The van der Waals surface area contributed by atoms with Crippen LogP contribution in [0.1, 0.15) is 6.42 Å². The zero-order chi connectivity index (χ0) is 15.3. The minimum Gasteiger partial charge on any atom is -0.494 e. The third kappa shape index (κ3) is 4.96. The first-order valence-corrected chi connectivity index (χ1v) is 9.58. The predicted octanol–water partition coefficient (Wildman–Crippen LogP) is 3.91. The lowest BCUT2D eigenvalue weighted by Crippen LogP contribution is -2.25. The van der Waals surface area contributed by atoms with E-state index in [1.165, 1.54) is 6.07 Å². The number of benzene rings is 1. The van der Waals surface area contributed by atoms with E-state index < -0.39 is 10.0 Å². The van der Waals surface area contributed by atoms with Gasteiger partial charge < -0.3 is 4.74 Å². The Morgan fingerprint density at radius 1 is 1.29 bits per heavy atom. The molecule has 0 amide bonds. The molecule has 0 radical (unpaired) electrons. The molecule has 2 aromatic rings.